The van der Waals surface area contributed by atoms with E-state index in [0.717, 1.165) is 30.8 Å². The average molecular weight is 567 g/mol. The molecule has 13 heteroatoms. The van der Waals surface area contributed by atoms with Crippen molar-refractivity contribution in [3.05, 3.63) is 57.3 Å². The fourth-order valence-corrected chi connectivity index (χ4v) is 5.18. The number of fused-ring (bicyclic) bond motifs is 1. The van der Waals surface area contributed by atoms with Gasteiger partial charge in [0.25, 0.3) is 11.8 Å². The smallest absolute Gasteiger partial charge is 0.260 e. The number of aromatic amines is 1. The van der Waals surface area contributed by atoms with Crippen LogP contribution in [0.3, 0.4) is 0 Å². The molecule has 2 amide bonds. The Hall–Kier alpha value is -4.00. The number of carbonyl (C=O) groups is 2. The number of hydrogen-bond acceptors (Lipinski definition) is 9. The van der Waals surface area contributed by atoms with Crippen LogP contribution in [-0.4, -0.2) is 83.2 Å². The van der Waals surface area contributed by atoms with E-state index in [4.69, 9.17) is 26.8 Å². The highest BCUT2D eigenvalue weighted by Gasteiger charge is 2.37. The maximum absolute atomic E-state index is 13.7. The Kier molecular flexibility index (Phi) is 8.01. The zero-order chi connectivity index (χ0) is 28.4. The van der Waals surface area contributed by atoms with Gasteiger partial charge in [0.1, 0.15) is 10.9 Å². The standard InChI is InChI=1S/C27H31ClN8O4/c1-15-12-32-20(16(2)22(15)39-3)14-36-24-21(23(28)33-27(29)34-24)19(26(36)38)11-18-10-17(13-31-18)25(37)30-4-5-35-6-8-40-9-7-35/h10-13,31H,4-9,14H2,1-3H3,(H,30,37)(H2,29,33,34)/b19-11-. The van der Waals surface area contributed by atoms with Gasteiger partial charge in [-0.2, -0.15) is 4.98 Å². The Morgan fingerprint density at radius 3 is 2.83 bits per heavy atom. The van der Waals surface area contributed by atoms with Gasteiger partial charge in [-0.25, -0.2) is 4.98 Å². The molecule has 0 radical (unpaired) electrons. The number of nitrogens with two attached hydrogens (primary N) is 1. The molecule has 5 heterocycles. The Labute approximate surface area is 236 Å². The second-order valence-electron chi connectivity index (χ2n) is 9.62. The minimum Gasteiger partial charge on any atom is -0.496 e. The van der Waals surface area contributed by atoms with Crippen molar-refractivity contribution in [2.75, 3.05) is 57.1 Å². The molecule has 3 aromatic heterocycles. The van der Waals surface area contributed by atoms with Gasteiger partial charge in [0.2, 0.25) is 5.95 Å². The van der Waals surface area contributed by atoms with E-state index in [0.29, 0.717) is 53.8 Å². The van der Waals surface area contributed by atoms with E-state index in [1.807, 2.05) is 13.8 Å². The van der Waals surface area contributed by atoms with E-state index in [9.17, 15) is 9.59 Å². The maximum Gasteiger partial charge on any atom is 0.260 e. The first kappa shape index (κ1) is 27.6. The molecule has 0 atom stereocenters. The fourth-order valence-electron chi connectivity index (χ4n) is 4.91. The van der Waals surface area contributed by atoms with Gasteiger partial charge < -0.3 is 25.5 Å². The summed E-state index contributed by atoms with van der Waals surface area (Å²) in [5.41, 5.74) is 9.88. The van der Waals surface area contributed by atoms with Crippen molar-refractivity contribution in [3.63, 3.8) is 0 Å². The molecule has 4 N–H and O–H groups in total. The number of amides is 2. The number of ether oxygens (including phenoxy) is 2. The maximum atomic E-state index is 13.7. The highest BCUT2D eigenvalue weighted by atomic mass is 35.5. The van der Waals surface area contributed by atoms with E-state index in [1.54, 1.807) is 31.6 Å². The van der Waals surface area contributed by atoms with Crippen molar-refractivity contribution in [2.24, 2.45) is 0 Å². The van der Waals surface area contributed by atoms with Crippen LogP contribution in [0.25, 0.3) is 11.6 Å². The summed E-state index contributed by atoms with van der Waals surface area (Å²) >= 11 is 6.47. The SMILES string of the molecule is COc1c(C)cnc(CN2C(=O)/C(=C\c3cc(C(=O)NCCN4CCOCC4)c[nH]3)c3c(Cl)nc(N)nc32)c1C. The average Bonchev–Trinajstić information content (AvgIpc) is 3.50. The molecule has 1 saturated heterocycles. The van der Waals surface area contributed by atoms with E-state index in [2.05, 4.69) is 30.2 Å². The first-order valence-electron chi connectivity index (χ1n) is 12.9. The third-order valence-corrected chi connectivity index (χ3v) is 7.28. The van der Waals surface area contributed by atoms with Crippen molar-refractivity contribution in [1.29, 1.82) is 0 Å². The van der Waals surface area contributed by atoms with Crippen LogP contribution in [0, 0.1) is 13.8 Å². The van der Waals surface area contributed by atoms with Crippen LogP contribution in [0.1, 0.15) is 38.4 Å². The lowest BCUT2D eigenvalue weighted by molar-refractivity contribution is -0.113. The van der Waals surface area contributed by atoms with Gasteiger partial charge in [-0.3, -0.25) is 24.4 Å². The number of H-pyrrole nitrogens is 1. The van der Waals surface area contributed by atoms with E-state index in [1.165, 1.54) is 4.90 Å². The number of nitrogens with one attached hydrogen (secondary N) is 2. The second-order valence-corrected chi connectivity index (χ2v) is 9.98. The van der Waals surface area contributed by atoms with Crippen LogP contribution in [0.2, 0.25) is 5.15 Å². The highest BCUT2D eigenvalue weighted by Crippen LogP contribution is 2.41. The van der Waals surface area contributed by atoms with Gasteiger partial charge in [0, 0.05) is 55.4 Å². The number of hydrogen-bond donors (Lipinski definition) is 3. The third kappa shape index (κ3) is 5.51. The Bertz CT molecular complexity index is 1480. The Morgan fingerprint density at radius 2 is 2.08 bits per heavy atom. The number of pyridine rings is 1. The monoisotopic (exact) mass is 566 g/mol. The van der Waals surface area contributed by atoms with Crippen molar-refractivity contribution in [1.82, 2.24) is 30.2 Å². The van der Waals surface area contributed by atoms with Gasteiger partial charge in [-0.05, 0) is 26.0 Å². The van der Waals surface area contributed by atoms with Crippen LogP contribution in [0.5, 0.6) is 5.75 Å². The molecule has 12 nitrogen and oxygen atoms in total. The van der Waals surface area contributed by atoms with Crippen LogP contribution < -0.4 is 20.7 Å². The lowest BCUT2D eigenvalue weighted by Gasteiger charge is -2.26. The summed E-state index contributed by atoms with van der Waals surface area (Å²) in [6.45, 7) is 8.32. The summed E-state index contributed by atoms with van der Waals surface area (Å²) in [7, 11) is 1.60. The molecule has 5 rings (SSSR count). The first-order valence-corrected chi connectivity index (χ1v) is 13.3. The lowest BCUT2D eigenvalue weighted by Crippen LogP contribution is -2.41. The Balaban J connectivity index is 1.38. The molecular weight excluding hydrogens is 536 g/mol. The van der Waals surface area contributed by atoms with Crippen LogP contribution in [0.15, 0.2) is 18.5 Å². The number of carbonyl (C=O) groups excluding carboxylic acids is 2. The van der Waals surface area contributed by atoms with E-state index < -0.39 is 0 Å². The molecule has 2 aliphatic rings. The van der Waals surface area contributed by atoms with E-state index >= 15 is 0 Å². The summed E-state index contributed by atoms with van der Waals surface area (Å²) in [5, 5.41) is 3.00. The summed E-state index contributed by atoms with van der Waals surface area (Å²) in [4.78, 5) is 46.1. The van der Waals surface area contributed by atoms with E-state index in [-0.39, 0.29) is 35.0 Å². The van der Waals surface area contributed by atoms with Crippen molar-refractivity contribution < 1.29 is 19.1 Å². The number of halogens is 1. The summed E-state index contributed by atoms with van der Waals surface area (Å²) in [6.07, 6.45) is 4.93. The number of nitrogen functional groups attached to an aromatic ring is 1. The molecule has 0 spiro atoms. The third-order valence-electron chi connectivity index (χ3n) is 7.01. The molecule has 3 aromatic rings. The summed E-state index contributed by atoms with van der Waals surface area (Å²) in [5.74, 6) is 0.392. The number of methoxy groups -OCH3 is 1. The molecule has 0 aromatic carbocycles. The molecular formula is C27H31ClN8O4. The predicted molar refractivity (Wildman–Crippen MR) is 151 cm³/mol. The van der Waals surface area contributed by atoms with Gasteiger partial charge >= 0.3 is 0 Å². The number of anilines is 2. The highest BCUT2D eigenvalue weighted by molar-refractivity contribution is 6.41. The molecule has 40 heavy (non-hydrogen) atoms. The van der Waals surface area contributed by atoms with Crippen LogP contribution >= 0.6 is 11.6 Å². The number of morpholine rings is 1. The summed E-state index contributed by atoms with van der Waals surface area (Å²) < 4.78 is 10.9. The van der Waals surface area contributed by atoms with Gasteiger partial charge in [-0.15, -0.1) is 0 Å². The zero-order valence-electron chi connectivity index (χ0n) is 22.6. The summed E-state index contributed by atoms with van der Waals surface area (Å²) in [6, 6.07) is 1.68. The van der Waals surface area contributed by atoms with Crippen molar-refractivity contribution in [3.8, 4) is 5.75 Å². The number of nitrogens with zero attached hydrogens (tertiary/aromatic N) is 5. The largest absolute Gasteiger partial charge is 0.496 e. The van der Waals surface area contributed by atoms with Crippen molar-refractivity contribution >= 4 is 46.8 Å². The molecule has 1 fully saturated rings. The predicted octanol–water partition coefficient (Wildman–Crippen LogP) is 2.21. The van der Waals surface area contributed by atoms with Crippen molar-refractivity contribution in [2.45, 2.75) is 20.4 Å². The normalized spacial score (nSPS) is 16.4. The minimum atomic E-state index is -0.344. The van der Waals surface area contributed by atoms with Gasteiger partial charge in [-0.1, -0.05) is 11.6 Å². The zero-order valence-corrected chi connectivity index (χ0v) is 23.3. The first-order chi connectivity index (χ1) is 19.3. The van der Waals surface area contributed by atoms with Crippen LogP contribution in [0.4, 0.5) is 11.8 Å². The second kappa shape index (κ2) is 11.6. The quantitative estimate of drug-likeness (QED) is 0.275. The molecule has 0 saturated carbocycles. The van der Waals surface area contributed by atoms with Gasteiger partial charge in [0.05, 0.1) is 49.3 Å². The lowest BCUT2D eigenvalue weighted by atomic mass is 10.1. The molecule has 0 bridgehead atoms. The number of aromatic nitrogens is 4. The Morgan fingerprint density at radius 1 is 1.30 bits per heavy atom. The van der Waals surface area contributed by atoms with Gasteiger partial charge in [0.15, 0.2) is 5.82 Å². The molecule has 2 aliphatic heterocycles. The topological polar surface area (TPSA) is 152 Å². The molecule has 0 aliphatic carbocycles. The fraction of sp³-hybridized carbons (Fsp3) is 0.370. The minimum absolute atomic E-state index is 0.0510. The number of rotatable bonds is 8. The molecule has 210 valence electrons. The van der Waals surface area contributed by atoms with Crippen LogP contribution in [-0.2, 0) is 16.1 Å². The molecule has 0 unspecified atom stereocenters. The number of aryl methyl sites for hydroxylation is 1.